The minimum Gasteiger partial charge on any atom is -0.466 e. The maximum atomic E-state index is 11.5. The van der Waals surface area contributed by atoms with Gasteiger partial charge >= 0.3 is 5.97 Å². The zero-order valence-corrected chi connectivity index (χ0v) is 14.2. The molecule has 0 amide bonds. The number of piperidine rings is 1. The van der Waals surface area contributed by atoms with E-state index in [0.29, 0.717) is 12.0 Å². The van der Waals surface area contributed by atoms with Crippen molar-refractivity contribution < 1.29 is 9.53 Å². The summed E-state index contributed by atoms with van der Waals surface area (Å²) in [7, 11) is 0. The number of anilines is 1. The summed E-state index contributed by atoms with van der Waals surface area (Å²) in [5, 5.41) is 3.03. The molecule has 0 bridgehead atoms. The number of thiazole rings is 1. The summed E-state index contributed by atoms with van der Waals surface area (Å²) in [6, 6.07) is 0. The van der Waals surface area contributed by atoms with E-state index in [1.165, 1.54) is 25.7 Å². The summed E-state index contributed by atoms with van der Waals surface area (Å²) in [6.07, 6.45) is 5.30. The van der Waals surface area contributed by atoms with Crippen LogP contribution in [0.3, 0.4) is 0 Å². The monoisotopic (exact) mass is 310 g/mol. The first kappa shape index (κ1) is 16.3. The Kier molecular flexibility index (Phi) is 5.62. The normalized spacial score (nSPS) is 17.8. The maximum absolute atomic E-state index is 11.5. The van der Waals surface area contributed by atoms with Crippen molar-refractivity contribution in [3.63, 3.8) is 0 Å². The number of rotatable bonds is 6. The highest BCUT2D eigenvalue weighted by atomic mass is 32.1. The summed E-state index contributed by atoms with van der Waals surface area (Å²) in [5.41, 5.74) is 1.36. The molecule has 0 spiro atoms. The van der Waals surface area contributed by atoms with Crippen LogP contribution in [-0.2, 0) is 16.0 Å². The van der Waals surface area contributed by atoms with Crippen LogP contribution in [0.25, 0.3) is 0 Å². The lowest BCUT2D eigenvalue weighted by molar-refractivity contribution is -0.142. The molecule has 2 rings (SSSR count). The van der Waals surface area contributed by atoms with Crippen LogP contribution in [0.5, 0.6) is 0 Å². The van der Waals surface area contributed by atoms with Crippen molar-refractivity contribution in [2.24, 2.45) is 5.41 Å². The number of carbonyl (C=O) groups is 1. The largest absolute Gasteiger partial charge is 0.466 e. The van der Waals surface area contributed by atoms with E-state index in [9.17, 15) is 4.79 Å². The number of hydrogen-bond donors (Lipinski definition) is 0. The number of nitrogens with zero attached hydrogens (tertiary/aromatic N) is 2. The van der Waals surface area contributed by atoms with E-state index < -0.39 is 0 Å². The minimum atomic E-state index is -0.191. The SMILES string of the molecule is CCOC(=O)Cc1csc(N2CCC(CC)(CC)CC2)n1. The molecule has 1 aliphatic rings. The molecule has 0 aliphatic carbocycles. The van der Waals surface area contributed by atoms with Gasteiger partial charge in [0.2, 0.25) is 0 Å². The number of esters is 1. The lowest BCUT2D eigenvalue weighted by Crippen LogP contribution is -2.39. The zero-order valence-electron chi connectivity index (χ0n) is 13.4. The highest BCUT2D eigenvalue weighted by Gasteiger charge is 2.32. The number of carbonyl (C=O) groups excluding carboxylic acids is 1. The molecule has 21 heavy (non-hydrogen) atoms. The molecule has 0 atom stereocenters. The number of ether oxygens (including phenoxy) is 1. The number of aromatic nitrogens is 1. The van der Waals surface area contributed by atoms with Gasteiger partial charge in [0.1, 0.15) is 0 Å². The van der Waals surface area contributed by atoms with Gasteiger partial charge in [-0.05, 0) is 25.2 Å². The molecule has 0 radical (unpaired) electrons. The van der Waals surface area contributed by atoms with Crippen LogP contribution in [-0.4, -0.2) is 30.6 Å². The predicted octanol–water partition coefficient (Wildman–Crippen LogP) is 3.66. The topological polar surface area (TPSA) is 42.4 Å². The summed E-state index contributed by atoms with van der Waals surface area (Å²) in [6.45, 7) is 9.02. The first-order chi connectivity index (χ1) is 10.1. The Morgan fingerprint density at radius 1 is 1.33 bits per heavy atom. The van der Waals surface area contributed by atoms with Gasteiger partial charge in [-0.25, -0.2) is 4.98 Å². The first-order valence-corrected chi connectivity index (χ1v) is 8.85. The van der Waals surface area contributed by atoms with Gasteiger partial charge in [-0.3, -0.25) is 4.79 Å². The molecule has 4 nitrogen and oxygen atoms in total. The second-order valence-electron chi connectivity index (χ2n) is 5.80. The van der Waals surface area contributed by atoms with Crippen LogP contribution >= 0.6 is 11.3 Å². The third-order valence-electron chi connectivity index (χ3n) is 4.77. The summed E-state index contributed by atoms with van der Waals surface area (Å²) in [5.74, 6) is -0.191. The smallest absolute Gasteiger partial charge is 0.311 e. The van der Waals surface area contributed by atoms with Gasteiger partial charge in [-0.1, -0.05) is 26.7 Å². The molecular formula is C16H26N2O2S. The summed E-state index contributed by atoms with van der Waals surface area (Å²) < 4.78 is 4.97. The van der Waals surface area contributed by atoms with E-state index in [4.69, 9.17) is 4.74 Å². The average Bonchev–Trinajstić information content (AvgIpc) is 2.96. The molecule has 2 heterocycles. The molecular weight excluding hydrogens is 284 g/mol. The summed E-state index contributed by atoms with van der Waals surface area (Å²) in [4.78, 5) is 18.5. The second kappa shape index (κ2) is 7.25. The fourth-order valence-corrected chi connectivity index (χ4v) is 3.89. The molecule has 1 fully saturated rings. The van der Waals surface area contributed by atoms with E-state index in [0.717, 1.165) is 23.9 Å². The van der Waals surface area contributed by atoms with E-state index >= 15 is 0 Å². The van der Waals surface area contributed by atoms with Crippen molar-refractivity contribution >= 4 is 22.4 Å². The maximum Gasteiger partial charge on any atom is 0.311 e. The van der Waals surface area contributed by atoms with Crippen molar-refractivity contribution in [3.8, 4) is 0 Å². The standard InChI is InChI=1S/C16H26N2O2S/c1-4-16(5-2)7-9-18(10-8-16)15-17-13(12-21-15)11-14(19)20-6-3/h12H,4-11H2,1-3H3. The lowest BCUT2D eigenvalue weighted by Gasteiger charge is -2.40. The molecule has 118 valence electrons. The van der Waals surface area contributed by atoms with Gasteiger partial charge in [-0.15, -0.1) is 11.3 Å². The van der Waals surface area contributed by atoms with Crippen LogP contribution in [0.2, 0.25) is 0 Å². The van der Waals surface area contributed by atoms with Gasteiger partial charge in [0.15, 0.2) is 5.13 Å². The lowest BCUT2D eigenvalue weighted by atomic mass is 9.74. The van der Waals surface area contributed by atoms with Gasteiger partial charge < -0.3 is 9.64 Å². The molecule has 5 heteroatoms. The van der Waals surface area contributed by atoms with E-state index in [2.05, 4.69) is 23.7 Å². The van der Waals surface area contributed by atoms with E-state index in [1.807, 2.05) is 12.3 Å². The molecule has 0 unspecified atom stereocenters. The van der Waals surface area contributed by atoms with E-state index in [1.54, 1.807) is 11.3 Å². The van der Waals surface area contributed by atoms with Gasteiger partial charge in [0.05, 0.1) is 18.7 Å². The predicted molar refractivity (Wildman–Crippen MR) is 86.9 cm³/mol. The molecule has 0 aromatic carbocycles. The average molecular weight is 310 g/mol. The number of hydrogen-bond acceptors (Lipinski definition) is 5. The van der Waals surface area contributed by atoms with Crippen LogP contribution in [0.1, 0.15) is 52.1 Å². The quantitative estimate of drug-likeness (QED) is 0.752. The Morgan fingerprint density at radius 3 is 2.57 bits per heavy atom. The Hall–Kier alpha value is -1.10. The fraction of sp³-hybridized carbons (Fsp3) is 0.750. The Bertz CT molecular complexity index is 459. The van der Waals surface area contributed by atoms with Crippen LogP contribution in [0, 0.1) is 5.41 Å². The summed E-state index contributed by atoms with van der Waals surface area (Å²) >= 11 is 1.64. The van der Waals surface area contributed by atoms with Crippen molar-refractivity contribution in [2.75, 3.05) is 24.6 Å². The highest BCUT2D eigenvalue weighted by Crippen LogP contribution is 2.39. The third-order valence-corrected chi connectivity index (χ3v) is 5.72. The Balaban J connectivity index is 1.92. The van der Waals surface area contributed by atoms with E-state index in [-0.39, 0.29) is 12.4 Å². The molecule has 0 saturated carbocycles. The van der Waals surface area contributed by atoms with Gasteiger partial charge in [-0.2, -0.15) is 0 Å². The van der Waals surface area contributed by atoms with Crippen molar-refractivity contribution in [2.45, 2.75) is 52.9 Å². The van der Waals surface area contributed by atoms with Gasteiger partial charge in [0, 0.05) is 18.5 Å². The highest BCUT2D eigenvalue weighted by molar-refractivity contribution is 7.13. The second-order valence-corrected chi connectivity index (χ2v) is 6.63. The van der Waals surface area contributed by atoms with Crippen molar-refractivity contribution in [3.05, 3.63) is 11.1 Å². The molecule has 0 N–H and O–H groups in total. The molecule has 1 aromatic rings. The third kappa shape index (κ3) is 3.96. The zero-order chi connectivity index (χ0) is 15.3. The van der Waals surface area contributed by atoms with Crippen LogP contribution in [0.4, 0.5) is 5.13 Å². The van der Waals surface area contributed by atoms with Crippen molar-refractivity contribution in [1.82, 2.24) is 4.98 Å². The van der Waals surface area contributed by atoms with Gasteiger partial charge in [0.25, 0.3) is 0 Å². The fourth-order valence-electron chi connectivity index (χ4n) is 3.01. The molecule has 1 aromatic heterocycles. The first-order valence-electron chi connectivity index (χ1n) is 7.97. The Labute approximate surface area is 131 Å². The van der Waals surface area contributed by atoms with Crippen LogP contribution < -0.4 is 4.90 Å². The molecule has 1 aliphatic heterocycles. The molecule has 1 saturated heterocycles. The minimum absolute atomic E-state index is 0.191. The van der Waals surface area contributed by atoms with Crippen LogP contribution in [0.15, 0.2) is 5.38 Å². The Morgan fingerprint density at radius 2 is 2.00 bits per heavy atom. The van der Waals surface area contributed by atoms with Crippen molar-refractivity contribution in [1.29, 1.82) is 0 Å².